The van der Waals surface area contributed by atoms with Gasteiger partial charge in [-0.1, -0.05) is 18.2 Å². The van der Waals surface area contributed by atoms with Crippen molar-refractivity contribution in [2.45, 2.75) is 23.8 Å². The third-order valence-electron chi connectivity index (χ3n) is 3.83. The van der Waals surface area contributed by atoms with Crippen molar-refractivity contribution in [1.29, 1.82) is 0 Å². The molecule has 0 bridgehead atoms. The van der Waals surface area contributed by atoms with Crippen molar-refractivity contribution in [3.63, 3.8) is 0 Å². The lowest BCUT2D eigenvalue weighted by atomic mass is 10.3. The molecule has 1 atom stereocenters. The van der Waals surface area contributed by atoms with Crippen molar-refractivity contribution < 1.29 is 9.53 Å². The number of rotatable bonds is 6. The highest BCUT2D eigenvalue weighted by Crippen LogP contribution is 2.25. The van der Waals surface area contributed by atoms with Crippen LogP contribution in [-0.4, -0.2) is 40.7 Å². The number of ether oxygens (including phenoxy) is 1. The fourth-order valence-electron chi connectivity index (χ4n) is 2.60. The summed E-state index contributed by atoms with van der Waals surface area (Å²) in [7, 11) is 0. The van der Waals surface area contributed by atoms with Crippen LogP contribution >= 0.6 is 27.7 Å². The largest absolute Gasteiger partial charge is 0.472 e. The van der Waals surface area contributed by atoms with E-state index in [1.165, 1.54) is 4.90 Å². The van der Waals surface area contributed by atoms with Gasteiger partial charge >= 0.3 is 0 Å². The van der Waals surface area contributed by atoms with E-state index in [2.05, 4.69) is 33.0 Å². The maximum atomic E-state index is 12.3. The molecule has 0 radical (unpaired) electrons. The van der Waals surface area contributed by atoms with Crippen LogP contribution in [0.4, 0.5) is 0 Å². The Morgan fingerprint density at radius 1 is 1.29 bits per heavy atom. The summed E-state index contributed by atoms with van der Waals surface area (Å²) in [5, 5.41) is 0. The van der Waals surface area contributed by atoms with E-state index in [4.69, 9.17) is 4.74 Å². The number of benzene rings is 1. The molecule has 1 aromatic heterocycles. The number of halogens is 1. The first-order valence-electron chi connectivity index (χ1n) is 7.95. The normalized spacial score (nSPS) is 17.0. The fraction of sp³-hybridized carbons (Fsp3) is 0.333. The van der Waals surface area contributed by atoms with E-state index >= 15 is 0 Å². The summed E-state index contributed by atoms with van der Waals surface area (Å²) >= 11 is 5.15. The minimum atomic E-state index is 0.0157. The predicted molar refractivity (Wildman–Crippen MR) is 99.3 cm³/mol. The van der Waals surface area contributed by atoms with Crippen LogP contribution in [-0.2, 0) is 4.79 Å². The molecule has 1 fully saturated rings. The minimum absolute atomic E-state index is 0.0157. The van der Waals surface area contributed by atoms with Crippen LogP contribution in [0.5, 0.6) is 5.88 Å². The van der Waals surface area contributed by atoms with Crippen molar-refractivity contribution >= 4 is 33.6 Å². The van der Waals surface area contributed by atoms with Crippen LogP contribution in [0.25, 0.3) is 0 Å². The molecule has 0 saturated carbocycles. The molecule has 3 rings (SSSR count). The zero-order valence-electron chi connectivity index (χ0n) is 13.2. The van der Waals surface area contributed by atoms with Crippen LogP contribution < -0.4 is 4.74 Å². The number of carbonyl (C=O) groups is 1. The topological polar surface area (TPSA) is 42.4 Å². The van der Waals surface area contributed by atoms with E-state index in [0.29, 0.717) is 18.8 Å². The van der Waals surface area contributed by atoms with Crippen LogP contribution in [0, 0.1) is 0 Å². The van der Waals surface area contributed by atoms with Crippen molar-refractivity contribution in [2.24, 2.45) is 0 Å². The molecular weight excluding hydrogens is 388 g/mol. The quantitative estimate of drug-likeness (QED) is 0.679. The summed E-state index contributed by atoms with van der Waals surface area (Å²) in [6.45, 7) is 1.39. The Balaban J connectivity index is 1.43. The standard InChI is InChI=1S/C18H19BrN2O2S/c19-16-7-4-10-20-18(16)23-14-8-11-21(13-14)17(22)9-12-24-15-5-2-1-3-6-15/h1-7,10,14H,8-9,11-13H2. The lowest BCUT2D eigenvalue weighted by Gasteiger charge is -2.17. The molecule has 1 unspecified atom stereocenters. The Hall–Kier alpha value is -1.53. The summed E-state index contributed by atoms with van der Waals surface area (Å²) in [5.74, 6) is 1.59. The predicted octanol–water partition coefficient (Wildman–Crippen LogP) is 4.01. The van der Waals surface area contributed by atoms with E-state index < -0.39 is 0 Å². The highest BCUT2D eigenvalue weighted by Gasteiger charge is 2.27. The summed E-state index contributed by atoms with van der Waals surface area (Å²) < 4.78 is 6.74. The maximum absolute atomic E-state index is 12.3. The highest BCUT2D eigenvalue weighted by molar-refractivity contribution is 9.10. The van der Waals surface area contributed by atoms with Crippen molar-refractivity contribution in [3.8, 4) is 5.88 Å². The molecule has 1 saturated heterocycles. The van der Waals surface area contributed by atoms with Crippen molar-refractivity contribution in [2.75, 3.05) is 18.8 Å². The van der Waals surface area contributed by atoms with Crippen LogP contribution in [0.1, 0.15) is 12.8 Å². The SMILES string of the molecule is O=C(CCSc1ccccc1)N1CCC(Oc2ncccc2Br)C1. The molecule has 126 valence electrons. The Morgan fingerprint density at radius 2 is 2.12 bits per heavy atom. The first-order valence-corrected chi connectivity index (χ1v) is 9.73. The number of hydrogen-bond acceptors (Lipinski definition) is 4. The Morgan fingerprint density at radius 3 is 2.92 bits per heavy atom. The van der Waals surface area contributed by atoms with Gasteiger partial charge in [0.05, 0.1) is 11.0 Å². The van der Waals surface area contributed by atoms with E-state index in [9.17, 15) is 4.79 Å². The zero-order valence-corrected chi connectivity index (χ0v) is 15.6. The molecule has 24 heavy (non-hydrogen) atoms. The average molecular weight is 407 g/mol. The number of carbonyl (C=O) groups excluding carboxylic acids is 1. The molecule has 2 aromatic rings. The molecule has 4 nitrogen and oxygen atoms in total. The smallest absolute Gasteiger partial charge is 0.228 e. The monoisotopic (exact) mass is 406 g/mol. The van der Waals surface area contributed by atoms with Gasteiger partial charge in [0.1, 0.15) is 6.10 Å². The van der Waals surface area contributed by atoms with E-state index in [1.54, 1.807) is 18.0 Å². The second kappa shape index (κ2) is 8.53. The van der Waals surface area contributed by atoms with Gasteiger partial charge < -0.3 is 9.64 Å². The van der Waals surface area contributed by atoms with Gasteiger partial charge in [0.25, 0.3) is 0 Å². The summed E-state index contributed by atoms with van der Waals surface area (Å²) in [6, 6.07) is 13.9. The molecule has 1 aliphatic heterocycles. The molecule has 1 aromatic carbocycles. The zero-order chi connectivity index (χ0) is 16.8. The number of amides is 1. The highest BCUT2D eigenvalue weighted by atomic mass is 79.9. The van der Waals surface area contributed by atoms with Gasteiger partial charge in [0.15, 0.2) is 0 Å². The van der Waals surface area contributed by atoms with Gasteiger partial charge in [-0.25, -0.2) is 4.98 Å². The maximum Gasteiger partial charge on any atom is 0.228 e. The van der Waals surface area contributed by atoms with Gasteiger partial charge in [0, 0.05) is 36.2 Å². The van der Waals surface area contributed by atoms with Crippen LogP contribution in [0.15, 0.2) is 58.0 Å². The Bertz CT molecular complexity index is 684. The molecule has 0 aliphatic carbocycles. The van der Waals surface area contributed by atoms with Gasteiger partial charge in [-0.05, 0) is 40.2 Å². The molecule has 2 heterocycles. The molecule has 0 spiro atoms. The summed E-state index contributed by atoms with van der Waals surface area (Å²) in [5.41, 5.74) is 0. The number of aromatic nitrogens is 1. The second-order valence-electron chi connectivity index (χ2n) is 5.57. The summed E-state index contributed by atoms with van der Waals surface area (Å²) in [4.78, 5) is 19.6. The number of hydrogen-bond donors (Lipinski definition) is 0. The second-order valence-corrected chi connectivity index (χ2v) is 7.59. The van der Waals surface area contributed by atoms with Crippen molar-refractivity contribution in [3.05, 3.63) is 53.1 Å². The number of pyridine rings is 1. The van der Waals surface area contributed by atoms with Gasteiger partial charge in [-0.3, -0.25) is 4.79 Å². The average Bonchev–Trinajstić information content (AvgIpc) is 3.07. The first kappa shape index (κ1) is 17.3. The lowest BCUT2D eigenvalue weighted by Crippen LogP contribution is -2.31. The first-order chi connectivity index (χ1) is 11.7. The molecular formula is C18H19BrN2O2S. The van der Waals surface area contributed by atoms with Gasteiger partial charge in [-0.15, -0.1) is 11.8 Å². The molecule has 1 amide bonds. The third kappa shape index (κ3) is 4.74. The Labute approximate surface area is 154 Å². The molecule has 1 aliphatic rings. The lowest BCUT2D eigenvalue weighted by molar-refractivity contribution is -0.129. The Kier molecular flexibility index (Phi) is 6.15. The van der Waals surface area contributed by atoms with E-state index in [-0.39, 0.29) is 12.0 Å². The van der Waals surface area contributed by atoms with E-state index in [1.807, 2.05) is 35.2 Å². The van der Waals surface area contributed by atoms with Crippen LogP contribution in [0.3, 0.4) is 0 Å². The minimum Gasteiger partial charge on any atom is -0.472 e. The summed E-state index contributed by atoms with van der Waals surface area (Å²) in [6.07, 6.45) is 3.13. The van der Waals surface area contributed by atoms with Gasteiger partial charge in [-0.2, -0.15) is 0 Å². The number of nitrogens with zero attached hydrogens (tertiary/aromatic N) is 2. The van der Waals surface area contributed by atoms with Crippen molar-refractivity contribution in [1.82, 2.24) is 9.88 Å². The number of likely N-dealkylation sites (tertiary alicyclic amines) is 1. The number of thioether (sulfide) groups is 1. The molecule has 6 heteroatoms. The van der Waals surface area contributed by atoms with E-state index in [0.717, 1.165) is 23.2 Å². The van der Waals surface area contributed by atoms with Gasteiger partial charge in [0.2, 0.25) is 11.8 Å². The third-order valence-corrected chi connectivity index (χ3v) is 5.45. The van der Waals surface area contributed by atoms with Crippen LogP contribution in [0.2, 0.25) is 0 Å². The molecule has 0 N–H and O–H groups in total. The fourth-order valence-corrected chi connectivity index (χ4v) is 3.81.